The van der Waals surface area contributed by atoms with E-state index in [0.29, 0.717) is 26.9 Å². The van der Waals surface area contributed by atoms with Crippen LogP contribution in [0.25, 0.3) is 0 Å². The number of aromatic nitrogens is 1. The highest BCUT2D eigenvalue weighted by molar-refractivity contribution is 6.42. The van der Waals surface area contributed by atoms with Crippen LogP contribution in [0.15, 0.2) is 60.8 Å². The summed E-state index contributed by atoms with van der Waals surface area (Å²) in [5.74, 6) is -0.450. The maximum Gasteiger partial charge on any atom is 0.433 e. The van der Waals surface area contributed by atoms with Gasteiger partial charge in [-0.15, -0.1) is 0 Å². The van der Waals surface area contributed by atoms with E-state index in [2.05, 4.69) is 10.3 Å². The van der Waals surface area contributed by atoms with Gasteiger partial charge in [0.2, 0.25) is 0 Å². The minimum Gasteiger partial charge on any atom is -0.452 e. The molecule has 0 aliphatic heterocycles. The summed E-state index contributed by atoms with van der Waals surface area (Å²) < 4.78 is 42.7. The lowest BCUT2D eigenvalue weighted by Gasteiger charge is -2.22. The van der Waals surface area contributed by atoms with Crippen LogP contribution in [0.5, 0.6) is 0 Å². The summed E-state index contributed by atoms with van der Waals surface area (Å²) in [4.78, 5) is 29.5. The summed E-state index contributed by atoms with van der Waals surface area (Å²) >= 11 is 12.3. The number of hydrogen-bond acceptors (Lipinski definition) is 4. The van der Waals surface area contributed by atoms with Crippen molar-refractivity contribution in [3.63, 3.8) is 0 Å². The number of carbonyl (C=O) groups excluding carboxylic acids is 2. The molecule has 1 N–H and O–H groups in total. The van der Waals surface area contributed by atoms with Crippen LogP contribution in [0.3, 0.4) is 0 Å². The largest absolute Gasteiger partial charge is 0.452 e. The number of halogens is 5. The second kappa shape index (κ2) is 10.8. The van der Waals surface area contributed by atoms with Gasteiger partial charge < -0.3 is 10.1 Å². The predicted molar refractivity (Wildman–Crippen MR) is 122 cm³/mol. The van der Waals surface area contributed by atoms with Crippen LogP contribution in [0, 0.1) is 0 Å². The molecule has 0 unspecified atom stereocenters. The number of nitrogens with zero attached hydrogens (tertiary/aromatic N) is 2. The van der Waals surface area contributed by atoms with Crippen molar-refractivity contribution in [1.29, 1.82) is 0 Å². The highest BCUT2D eigenvalue weighted by Crippen LogP contribution is 2.29. The average molecular weight is 512 g/mol. The average Bonchev–Trinajstić information content (AvgIpc) is 2.83. The quantitative estimate of drug-likeness (QED) is 0.433. The number of anilines is 1. The molecule has 11 heteroatoms. The number of alkyl halides is 3. The van der Waals surface area contributed by atoms with Crippen molar-refractivity contribution in [2.24, 2.45) is 0 Å². The van der Waals surface area contributed by atoms with Crippen molar-refractivity contribution in [2.45, 2.75) is 19.3 Å². The second-order valence-corrected chi connectivity index (χ2v) is 7.83. The highest BCUT2D eigenvalue weighted by Gasteiger charge is 2.32. The zero-order valence-corrected chi connectivity index (χ0v) is 19.2. The molecule has 3 rings (SSSR count). The van der Waals surface area contributed by atoms with Gasteiger partial charge in [0.25, 0.3) is 5.91 Å². The normalized spacial score (nSPS) is 11.1. The van der Waals surface area contributed by atoms with Gasteiger partial charge in [0.1, 0.15) is 5.69 Å². The van der Waals surface area contributed by atoms with E-state index in [0.717, 1.165) is 12.3 Å². The van der Waals surface area contributed by atoms with Gasteiger partial charge in [-0.1, -0.05) is 41.4 Å². The van der Waals surface area contributed by atoms with Gasteiger partial charge >= 0.3 is 12.3 Å². The highest BCUT2D eigenvalue weighted by atomic mass is 35.5. The lowest BCUT2D eigenvalue weighted by molar-refractivity contribution is -0.141. The fraction of sp³-hybridized carbons (Fsp3) is 0.174. The number of rotatable bonds is 6. The van der Waals surface area contributed by atoms with Crippen molar-refractivity contribution >= 4 is 40.9 Å². The number of hydrogen-bond donors (Lipinski definition) is 1. The van der Waals surface area contributed by atoms with Crippen LogP contribution in [0.2, 0.25) is 10.0 Å². The van der Waals surface area contributed by atoms with Crippen molar-refractivity contribution in [2.75, 3.05) is 12.0 Å². The van der Waals surface area contributed by atoms with Crippen LogP contribution in [-0.4, -0.2) is 24.1 Å². The number of pyridine rings is 1. The summed E-state index contributed by atoms with van der Waals surface area (Å²) in [6.07, 6.45) is -4.11. The molecule has 0 aliphatic rings. The van der Waals surface area contributed by atoms with Crippen LogP contribution < -0.4 is 10.2 Å². The Morgan fingerprint density at radius 2 is 1.76 bits per heavy atom. The summed E-state index contributed by atoms with van der Waals surface area (Å²) in [6.45, 7) is 0.0752. The summed E-state index contributed by atoms with van der Waals surface area (Å²) in [5.41, 5.74) is 0.743. The molecule has 2 amide bonds. The zero-order valence-electron chi connectivity index (χ0n) is 17.7. The molecule has 0 fully saturated rings. The molecule has 178 valence electrons. The first-order chi connectivity index (χ1) is 16.1. The van der Waals surface area contributed by atoms with Gasteiger partial charge in [0, 0.05) is 24.0 Å². The molecule has 6 nitrogen and oxygen atoms in total. The number of amides is 2. The molecule has 0 spiro atoms. The third-order valence-electron chi connectivity index (χ3n) is 4.76. The molecule has 2 aromatic carbocycles. The van der Waals surface area contributed by atoms with E-state index < -0.39 is 23.9 Å². The number of methoxy groups -OCH3 is 1. The van der Waals surface area contributed by atoms with Crippen LogP contribution in [0.4, 0.5) is 23.7 Å². The first-order valence-corrected chi connectivity index (χ1v) is 10.5. The Bertz CT molecular complexity index is 1170. The standard InChI is InChI=1S/C23H18Cl2F3N3O3/c1-34-22(33)31(13-16-3-2-4-18(24)20(16)25)17-8-6-15(7-9-17)21(32)30-12-14-5-10-19(29-11-14)23(26,27)28/h2-11H,12-13H2,1H3,(H,30,32). The van der Waals surface area contributed by atoms with E-state index in [9.17, 15) is 22.8 Å². The Morgan fingerprint density at radius 1 is 1.06 bits per heavy atom. The fourth-order valence-corrected chi connectivity index (χ4v) is 3.37. The molecule has 1 heterocycles. The zero-order chi connectivity index (χ0) is 24.9. The molecule has 0 saturated carbocycles. The van der Waals surface area contributed by atoms with Gasteiger partial charge in [0.15, 0.2) is 0 Å². The van der Waals surface area contributed by atoms with Crippen molar-refractivity contribution in [3.8, 4) is 0 Å². The Hall–Kier alpha value is -3.30. The van der Waals surface area contributed by atoms with E-state index in [1.807, 2.05) is 0 Å². The van der Waals surface area contributed by atoms with Crippen molar-refractivity contribution < 1.29 is 27.5 Å². The summed E-state index contributed by atoms with van der Waals surface area (Å²) in [7, 11) is 1.24. The Labute approximate surface area is 203 Å². The molecule has 0 atom stereocenters. The Balaban J connectivity index is 1.69. The first-order valence-electron chi connectivity index (χ1n) is 9.79. The van der Waals surface area contributed by atoms with Gasteiger partial charge in [-0.2, -0.15) is 13.2 Å². The lowest BCUT2D eigenvalue weighted by Crippen LogP contribution is -2.30. The molecule has 0 bridgehead atoms. The molecule has 0 radical (unpaired) electrons. The third-order valence-corrected chi connectivity index (χ3v) is 5.62. The molecule has 3 aromatic rings. The van der Waals surface area contributed by atoms with E-state index in [1.54, 1.807) is 30.3 Å². The molecule has 0 saturated heterocycles. The van der Waals surface area contributed by atoms with E-state index in [1.165, 1.54) is 30.2 Å². The Kier molecular flexibility index (Phi) is 8.01. The van der Waals surface area contributed by atoms with Crippen LogP contribution >= 0.6 is 23.2 Å². The topological polar surface area (TPSA) is 71.5 Å². The van der Waals surface area contributed by atoms with E-state index in [-0.39, 0.29) is 18.7 Å². The number of nitrogens with one attached hydrogen (secondary N) is 1. The third kappa shape index (κ3) is 6.18. The summed E-state index contributed by atoms with van der Waals surface area (Å²) in [6, 6.07) is 13.3. The van der Waals surface area contributed by atoms with Crippen molar-refractivity contribution in [3.05, 3.63) is 93.2 Å². The molecule has 1 aromatic heterocycles. The van der Waals surface area contributed by atoms with Crippen LogP contribution in [-0.2, 0) is 24.0 Å². The maximum absolute atomic E-state index is 12.6. The minimum atomic E-state index is -4.53. The molecule has 0 aliphatic carbocycles. The molecular formula is C23H18Cl2F3N3O3. The number of carbonyl (C=O) groups is 2. The second-order valence-electron chi connectivity index (χ2n) is 7.05. The minimum absolute atomic E-state index is 0.00667. The van der Waals surface area contributed by atoms with E-state index >= 15 is 0 Å². The van der Waals surface area contributed by atoms with Gasteiger partial charge in [0.05, 0.1) is 23.7 Å². The van der Waals surface area contributed by atoms with Crippen molar-refractivity contribution in [1.82, 2.24) is 10.3 Å². The maximum atomic E-state index is 12.6. The smallest absolute Gasteiger partial charge is 0.433 e. The molecule has 34 heavy (non-hydrogen) atoms. The molecular weight excluding hydrogens is 494 g/mol. The SMILES string of the molecule is COC(=O)N(Cc1cccc(Cl)c1Cl)c1ccc(C(=O)NCc2ccc(C(F)(F)F)nc2)cc1. The van der Waals surface area contributed by atoms with E-state index in [4.69, 9.17) is 27.9 Å². The monoisotopic (exact) mass is 511 g/mol. The fourth-order valence-electron chi connectivity index (χ4n) is 2.99. The number of benzene rings is 2. The lowest BCUT2D eigenvalue weighted by atomic mass is 10.1. The first kappa shape index (κ1) is 25.3. The Morgan fingerprint density at radius 3 is 2.35 bits per heavy atom. The van der Waals surface area contributed by atoms with Gasteiger partial charge in [-0.3, -0.25) is 14.7 Å². The van der Waals surface area contributed by atoms with Crippen LogP contribution in [0.1, 0.15) is 27.2 Å². The summed E-state index contributed by atoms with van der Waals surface area (Å²) in [5, 5.41) is 3.27. The van der Waals surface area contributed by atoms with Gasteiger partial charge in [-0.25, -0.2) is 4.79 Å². The number of ether oxygens (including phenoxy) is 1. The predicted octanol–water partition coefficient (Wildman–Crippen LogP) is 6.11. The van der Waals surface area contributed by atoms with Gasteiger partial charge in [-0.05, 0) is 47.5 Å².